The first kappa shape index (κ1) is 5.82. The third-order valence-corrected chi connectivity index (χ3v) is 2.15. The molecule has 0 aromatic carbocycles. The van der Waals surface area contributed by atoms with Gasteiger partial charge in [0.1, 0.15) is 0 Å². The average molecular weight is 143 g/mol. The number of halogens is 1. The van der Waals surface area contributed by atoms with Crippen molar-refractivity contribution in [3.8, 4) is 0 Å². The molecule has 1 saturated carbocycles. The van der Waals surface area contributed by atoms with Crippen LogP contribution in [0.1, 0.15) is 12.8 Å². The van der Waals surface area contributed by atoms with Crippen LogP contribution in [0.15, 0.2) is 0 Å². The summed E-state index contributed by atoms with van der Waals surface area (Å²) in [6, 6.07) is 0. The normalized spacial score (nSPS) is 44.3. The standard InChI is InChI=1S/C6H6FNO2/c7-6-1-3(2-6)4(9)8-5(6)10/h3H,1-2H2,(H,8,9,10). The number of fused-ring (bicyclic) bond motifs is 2. The smallest absolute Gasteiger partial charge is 0.264 e. The highest BCUT2D eigenvalue weighted by Gasteiger charge is 2.58. The van der Waals surface area contributed by atoms with Gasteiger partial charge in [-0.1, -0.05) is 0 Å². The molecule has 3 nitrogen and oxygen atoms in total. The number of rotatable bonds is 0. The van der Waals surface area contributed by atoms with Crippen molar-refractivity contribution < 1.29 is 14.0 Å². The minimum Gasteiger partial charge on any atom is -0.293 e. The molecule has 0 aromatic rings. The number of imide groups is 1. The highest BCUT2D eigenvalue weighted by Crippen LogP contribution is 2.44. The summed E-state index contributed by atoms with van der Waals surface area (Å²) in [5, 5.41) is 1.97. The van der Waals surface area contributed by atoms with E-state index in [4.69, 9.17) is 0 Å². The van der Waals surface area contributed by atoms with Crippen LogP contribution in [-0.2, 0) is 9.59 Å². The lowest BCUT2D eigenvalue weighted by atomic mass is 9.68. The van der Waals surface area contributed by atoms with Gasteiger partial charge >= 0.3 is 0 Å². The molecule has 3 rings (SSSR count). The van der Waals surface area contributed by atoms with Crippen LogP contribution in [0.25, 0.3) is 0 Å². The number of alkyl halides is 1. The Kier molecular flexibility index (Phi) is 0.806. The Morgan fingerprint density at radius 2 is 2.10 bits per heavy atom. The number of carbonyl (C=O) groups excluding carboxylic acids is 2. The van der Waals surface area contributed by atoms with Crippen LogP contribution in [0.3, 0.4) is 0 Å². The van der Waals surface area contributed by atoms with Crippen molar-refractivity contribution in [3.05, 3.63) is 0 Å². The molecule has 2 bridgehead atoms. The number of hydrogen-bond acceptors (Lipinski definition) is 2. The molecule has 3 aliphatic rings. The molecular formula is C6H6FNO2. The maximum Gasteiger partial charge on any atom is 0.264 e. The number of carbonyl (C=O) groups is 2. The van der Waals surface area contributed by atoms with Crippen LogP contribution in [0.2, 0.25) is 0 Å². The molecule has 0 aromatic heterocycles. The molecule has 1 aliphatic carbocycles. The third kappa shape index (κ3) is 0.489. The fraction of sp³-hybridized carbons (Fsp3) is 0.667. The maximum absolute atomic E-state index is 12.9. The second-order valence-electron chi connectivity index (χ2n) is 2.89. The number of hydrogen-bond donors (Lipinski definition) is 1. The molecule has 0 spiro atoms. The van der Waals surface area contributed by atoms with E-state index in [0.29, 0.717) is 0 Å². The monoisotopic (exact) mass is 143 g/mol. The van der Waals surface area contributed by atoms with Crippen molar-refractivity contribution in [2.75, 3.05) is 0 Å². The summed E-state index contributed by atoms with van der Waals surface area (Å²) in [7, 11) is 0. The van der Waals surface area contributed by atoms with Gasteiger partial charge in [-0.3, -0.25) is 14.9 Å². The van der Waals surface area contributed by atoms with Crippen molar-refractivity contribution in [3.63, 3.8) is 0 Å². The first-order valence-electron chi connectivity index (χ1n) is 3.16. The summed E-state index contributed by atoms with van der Waals surface area (Å²) in [6.45, 7) is 0. The van der Waals surface area contributed by atoms with Gasteiger partial charge in [0.25, 0.3) is 5.91 Å². The lowest BCUT2D eigenvalue weighted by Gasteiger charge is -2.43. The van der Waals surface area contributed by atoms with Crippen molar-refractivity contribution in [2.24, 2.45) is 5.92 Å². The molecule has 2 amide bonds. The quantitative estimate of drug-likeness (QED) is 0.476. The Morgan fingerprint density at radius 1 is 1.50 bits per heavy atom. The van der Waals surface area contributed by atoms with Gasteiger partial charge in [-0.05, 0) is 0 Å². The summed E-state index contributed by atoms with van der Waals surface area (Å²) >= 11 is 0. The molecule has 10 heavy (non-hydrogen) atoms. The van der Waals surface area contributed by atoms with E-state index in [0.717, 1.165) is 0 Å². The van der Waals surface area contributed by atoms with E-state index in [1.54, 1.807) is 0 Å². The molecule has 0 unspecified atom stereocenters. The van der Waals surface area contributed by atoms with Gasteiger partial charge in [0.15, 0.2) is 5.67 Å². The van der Waals surface area contributed by atoms with E-state index in [1.807, 2.05) is 5.32 Å². The predicted octanol–water partition coefficient (Wildman–Crippen LogP) is -0.239. The molecule has 0 radical (unpaired) electrons. The molecule has 3 fully saturated rings. The van der Waals surface area contributed by atoms with Gasteiger partial charge in [-0.15, -0.1) is 0 Å². The van der Waals surface area contributed by atoms with E-state index < -0.39 is 11.6 Å². The van der Waals surface area contributed by atoms with Crippen molar-refractivity contribution in [1.29, 1.82) is 0 Å². The zero-order valence-electron chi connectivity index (χ0n) is 5.19. The molecule has 1 N–H and O–H groups in total. The summed E-state index contributed by atoms with van der Waals surface area (Å²) in [4.78, 5) is 21.3. The molecule has 0 atom stereocenters. The molecule has 4 heteroatoms. The Morgan fingerprint density at radius 3 is 2.50 bits per heavy atom. The molecule has 2 aliphatic heterocycles. The van der Waals surface area contributed by atoms with E-state index >= 15 is 0 Å². The topological polar surface area (TPSA) is 46.2 Å². The van der Waals surface area contributed by atoms with Gasteiger partial charge in [0.2, 0.25) is 5.91 Å². The zero-order chi connectivity index (χ0) is 7.35. The van der Waals surface area contributed by atoms with Crippen LogP contribution in [0.5, 0.6) is 0 Å². The largest absolute Gasteiger partial charge is 0.293 e. The van der Waals surface area contributed by atoms with Crippen LogP contribution in [-0.4, -0.2) is 17.5 Å². The van der Waals surface area contributed by atoms with Crippen molar-refractivity contribution in [2.45, 2.75) is 18.5 Å². The molecule has 2 saturated heterocycles. The Bertz CT molecular complexity index is 220. The van der Waals surface area contributed by atoms with Gasteiger partial charge in [-0.2, -0.15) is 0 Å². The highest BCUT2D eigenvalue weighted by atomic mass is 19.1. The second-order valence-corrected chi connectivity index (χ2v) is 2.89. The lowest BCUT2D eigenvalue weighted by molar-refractivity contribution is -0.161. The minimum absolute atomic E-state index is 0.0949. The van der Waals surface area contributed by atoms with E-state index in [-0.39, 0.29) is 24.7 Å². The van der Waals surface area contributed by atoms with Crippen LogP contribution in [0, 0.1) is 5.92 Å². The fourth-order valence-corrected chi connectivity index (χ4v) is 1.42. The first-order valence-corrected chi connectivity index (χ1v) is 3.16. The van der Waals surface area contributed by atoms with E-state index in [1.165, 1.54) is 0 Å². The van der Waals surface area contributed by atoms with Gasteiger partial charge in [-0.25, -0.2) is 4.39 Å². The Balaban J connectivity index is 2.27. The van der Waals surface area contributed by atoms with E-state index in [9.17, 15) is 14.0 Å². The summed E-state index contributed by atoms with van der Waals surface area (Å²) in [6.07, 6.45) is 0.190. The molecule has 2 heterocycles. The van der Waals surface area contributed by atoms with Crippen LogP contribution >= 0.6 is 0 Å². The van der Waals surface area contributed by atoms with Gasteiger partial charge in [0, 0.05) is 18.8 Å². The maximum atomic E-state index is 12.9. The number of nitrogens with one attached hydrogen (secondary N) is 1. The first-order chi connectivity index (χ1) is 4.62. The predicted molar refractivity (Wildman–Crippen MR) is 29.7 cm³/mol. The zero-order valence-corrected chi connectivity index (χ0v) is 5.19. The number of piperidine rings is 2. The SMILES string of the molecule is O=C1NC(=O)C2(F)CC1C2. The minimum atomic E-state index is -1.71. The second kappa shape index (κ2) is 1.38. The van der Waals surface area contributed by atoms with Gasteiger partial charge in [0.05, 0.1) is 0 Å². The Labute approximate surface area is 56.6 Å². The highest BCUT2D eigenvalue weighted by molar-refractivity contribution is 6.06. The summed E-state index contributed by atoms with van der Waals surface area (Å²) in [5.41, 5.74) is -1.71. The summed E-state index contributed by atoms with van der Waals surface area (Å²) in [5.74, 6) is -1.31. The third-order valence-electron chi connectivity index (χ3n) is 2.15. The lowest BCUT2D eigenvalue weighted by Crippen LogP contribution is -2.63. The van der Waals surface area contributed by atoms with Crippen LogP contribution in [0.4, 0.5) is 4.39 Å². The van der Waals surface area contributed by atoms with Gasteiger partial charge < -0.3 is 0 Å². The van der Waals surface area contributed by atoms with Crippen molar-refractivity contribution in [1.82, 2.24) is 5.32 Å². The van der Waals surface area contributed by atoms with E-state index in [2.05, 4.69) is 0 Å². The number of amides is 2. The van der Waals surface area contributed by atoms with Crippen LogP contribution < -0.4 is 5.32 Å². The fourth-order valence-electron chi connectivity index (χ4n) is 1.42. The molecular weight excluding hydrogens is 137 g/mol. The van der Waals surface area contributed by atoms with Crippen molar-refractivity contribution >= 4 is 11.8 Å². The molecule has 54 valence electrons. The Hall–Kier alpha value is -0.930. The summed E-state index contributed by atoms with van der Waals surface area (Å²) < 4.78 is 12.9. The average Bonchev–Trinajstić information content (AvgIpc) is 1.76.